The van der Waals surface area contributed by atoms with E-state index in [1.165, 1.54) is 13.5 Å². The first-order chi connectivity index (χ1) is 13.2. The molecule has 0 bridgehead atoms. The van der Waals surface area contributed by atoms with Gasteiger partial charge in [0.2, 0.25) is 5.95 Å². The molecule has 1 N–H and O–H groups in total. The molecule has 0 atom stereocenters. The molecule has 1 aliphatic rings. The van der Waals surface area contributed by atoms with E-state index in [9.17, 15) is 4.79 Å². The van der Waals surface area contributed by atoms with E-state index in [0.717, 1.165) is 31.3 Å². The molecule has 3 aromatic rings. The van der Waals surface area contributed by atoms with Crippen molar-refractivity contribution in [3.8, 4) is 6.01 Å². The molecule has 140 valence electrons. The van der Waals surface area contributed by atoms with Crippen molar-refractivity contribution in [2.45, 2.75) is 25.8 Å². The molecule has 27 heavy (non-hydrogen) atoms. The minimum atomic E-state index is -0.315. The Kier molecular flexibility index (Phi) is 4.86. The number of benzene rings is 1. The monoisotopic (exact) mass is 367 g/mol. The van der Waals surface area contributed by atoms with Gasteiger partial charge in [0.05, 0.1) is 13.7 Å². The van der Waals surface area contributed by atoms with Crippen molar-refractivity contribution in [1.29, 1.82) is 0 Å². The first-order valence-electron chi connectivity index (χ1n) is 9.03. The number of para-hydroxylation sites is 1. The van der Waals surface area contributed by atoms with Crippen LogP contribution in [0.25, 0.3) is 11.0 Å². The van der Waals surface area contributed by atoms with Gasteiger partial charge in [0.1, 0.15) is 5.58 Å². The molecular formula is C19H21N5O3. The Morgan fingerprint density at radius 2 is 2.00 bits per heavy atom. The number of hydrogen-bond donors (Lipinski definition) is 1. The maximum absolute atomic E-state index is 12.4. The number of rotatable bonds is 5. The van der Waals surface area contributed by atoms with Crippen molar-refractivity contribution in [2.24, 2.45) is 0 Å². The lowest BCUT2D eigenvalue weighted by Gasteiger charge is -2.26. The first kappa shape index (κ1) is 17.3. The third-order valence-corrected chi connectivity index (χ3v) is 4.53. The summed E-state index contributed by atoms with van der Waals surface area (Å²) in [5, 5.41) is 3.68. The van der Waals surface area contributed by atoms with Gasteiger partial charge in [0.15, 0.2) is 11.6 Å². The van der Waals surface area contributed by atoms with Crippen molar-refractivity contribution in [3.63, 3.8) is 0 Å². The number of furan rings is 1. The number of methoxy groups -OCH3 is 1. The summed E-state index contributed by atoms with van der Waals surface area (Å²) >= 11 is 0. The van der Waals surface area contributed by atoms with E-state index < -0.39 is 0 Å². The average molecular weight is 367 g/mol. The summed E-state index contributed by atoms with van der Waals surface area (Å²) in [5.41, 5.74) is 0.678. The van der Waals surface area contributed by atoms with E-state index >= 15 is 0 Å². The third kappa shape index (κ3) is 3.84. The molecule has 1 aromatic carbocycles. The van der Waals surface area contributed by atoms with E-state index in [1.54, 1.807) is 6.07 Å². The van der Waals surface area contributed by atoms with Crippen molar-refractivity contribution in [1.82, 2.24) is 20.3 Å². The standard InChI is InChI=1S/C19H21N5O3/c1-26-19-22-16(21-18(23-19)24-9-5-2-6-10-24)12-20-17(25)15-11-13-7-3-4-8-14(13)27-15/h3-4,7-8,11H,2,5-6,9-10,12H2,1H3,(H,20,25). The molecular weight excluding hydrogens is 346 g/mol. The van der Waals surface area contributed by atoms with E-state index in [1.807, 2.05) is 24.3 Å². The molecule has 8 heteroatoms. The molecule has 4 rings (SSSR count). The van der Waals surface area contributed by atoms with Gasteiger partial charge in [-0.25, -0.2) is 0 Å². The normalized spacial score (nSPS) is 14.3. The van der Waals surface area contributed by atoms with Crippen LogP contribution in [0.3, 0.4) is 0 Å². The minimum absolute atomic E-state index is 0.162. The van der Waals surface area contributed by atoms with Crippen LogP contribution in [0.1, 0.15) is 35.6 Å². The minimum Gasteiger partial charge on any atom is -0.467 e. The number of aromatic nitrogens is 3. The summed E-state index contributed by atoms with van der Waals surface area (Å²) in [6, 6.07) is 9.47. The predicted octanol–water partition coefficient (Wildman–Crippen LogP) is 2.55. The molecule has 1 fully saturated rings. The Bertz CT molecular complexity index is 916. The lowest BCUT2D eigenvalue weighted by molar-refractivity contribution is 0.0924. The van der Waals surface area contributed by atoms with Crippen LogP contribution in [0.2, 0.25) is 0 Å². The molecule has 1 saturated heterocycles. The summed E-state index contributed by atoms with van der Waals surface area (Å²) in [4.78, 5) is 27.6. The van der Waals surface area contributed by atoms with Crippen LogP contribution in [0.4, 0.5) is 5.95 Å². The fourth-order valence-electron chi connectivity index (χ4n) is 3.13. The fraction of sp³-hybridized carbons (Fsp3) is 0.368. The maximum atomic E-state index is 12.4. The second-order valence-electron chi connectivity index (χ2n) is 6.42. The van der Waals surface area contributed by atoms with Crippen LogP contribution < -0.4 is 15.0 Å². The summed E-state index contributed by atoms with van der Waals surface area (Å²) in [7, 11) is 1.52. The highest BCUT2D eigenvalue weighted by Crippen LogP contribution is 2.19. The number of nitrogens with one attached hydrogen (secondary N) is 1. The fourth-order valence-corrected chi connectivity index (χ4v) is 3.13. The number of piperidine rings is 1. The van der Waals surface area contributed by atoms with Crippen molar-refractivity contribution in [2.75, 3.05) is 25.1 Å². The lowest BCUT2D eigenvalue weighted by atomic mass is 10.1. The lowest BCUT2D eigenvalue weighted by Crippen LogP contribution is -2.32. The quantitative estimate of drug-likeness (QED) is 0.740. The second-order valence-corrected chi connectivity index (χ2v) is 6.42. The summed E-state index contributed by atoms with van der Waals surface area (Å²) in [5.74, 6) is 0.986. The van der Waals surface area contributed by atoms with E-state index in [-0.39, 0.29) is 24.2 Å². The second kappa shape index (κ2) is 7.61. The van der Waals surface area contributed by atoms with Gasteiger partial charge in [-0.2, -0.15) is 15.0 Å². The molecule has 0 aliphatic carbocycles. The van der Waals surface area contributed by atoms with Gasteiger partial charge >= 0.3 is 6.01 Å². The zero-order valence-corrected chi connectivity index (χ0v) is 15.1. The molecule has 1 aliphatic heterocycles. The van der Waals surface area contributed by atoms with Gasteiger partial charge in [0.25, 0.3) is 5.91 Å². The number of hydrogen-bond acceptors (Lipinski definition) is 7. The molecule has 8 nitrogen and oxygen atoms in total. The topological polar surface area (TPSA) is 93.4 Å². The van der Waals surface area contributed by atoms with Gasteiger partial charge in [-0.3, -0.25) is 4.79 Å². The Morgan fingerprint density at radius 3 is 2.78 bits per heavy atom. The van der Waals surface area contributed by atoms with E-state index in [4.69, 9.17) is 9.15 Å². The van der Waals surface area contributed by atoms with Crippen LogP contribution in [0.15, 0.2) is 34.7 Å². The predicted molar refractivity (Wildman–Crippen MR) is 99.8 cm³/mol. The highest BCUT2D eigenvalue weighted by atomic mass is 16.5. The van der Waals surface area contributed by atoms with Gasteiger partial charge in [-0.05, 0) is 31.4 Å². The third-order valence-electron chi connectivity index (χ3n) is 4.53. The van der Waals surface area contributed by atoms with Crippen LogP contribution in [0, 0.1) is 0 Å². The van der Waals surface area contributed by atoms with Crippen LogP contribution in [0.5, 0.6) is 6.01 Å². The highest BCUT2D eigenvalue weighted by molar-refractivity contribution is 5.95. The van der Waals surface area contributed by atoms with Crippen LogP contribution in [-0.4, -0.2) is 41.1 Å². The SMILES string of the molecule is COc1nc(CNC(=O)c2cc3ccccc3o2)nc(N2CCCCC2)n1. The Hall–Kier alpha value is -3.16. The van der Waals surface area contributed by atoms with Crippen molar-refractivity contribution in [3.05, 3.63) is 41.9 Å². The maximum Gasteiger partial charge on any atom is 0.321 e. The molecule has 0 unspecified atom stereocenters. The van der Waals surface area contributed by atoms with Gasteiger partial charge in [-0.15, -0.1) is 0 Å². The van der Waals surface area contributed by atoms with Crippen molar-refractivity contribution < 1.29 is 13.9 Å². The average Bonchev–Trinajstić information content (AvgIpc) is 3.17. The van der Waals surface area contributed by atoms with E-state index in [0.29, 0.717) is 17.4 Å². The zero-order chi connectivity index (χ0) is 18.6. The molecule has 0 radical (unpaired) electrons. The number of fused-ring (bicyclic) bond motifs is 1. The molecule has 0 spiro atoms. The van der Waals surface area contributed by atoms with Gasteiger partial charge in [-0.1, -0.05) is 18.2 Å². The van der Waals surface area contributed by atoms with Crippen LogP contribution in [-0.2, 0) is 6.54 Å². The summed E-state index contributed by atoms with van der Waals surface area (Å²) in [6.07, 6.45) is 3.46. The van der Waals surface area contributed by atoms with Gasteiger partial charge < -0.3 is 19.4 Å². The van der Waals surface area contributed by atoms with E-state index in [2.05, 4.69) is 25.2 Å². The Morgan fingerprint density at radius 1 is 1.19 bits per heavy atom. The number of nitrogens with zero attached hydrogens (tertiary/aromatic N) is 4. The number of amides is 1. The molecule has 1 amide bonds. The summed E-state index contributed by atoms with van der Waals surface area (Å²) < 4.78 is 10.8. The molecule has 2 aromatic heterocycles. The smallest absolute Gasteiger partial charge is 0.321 e. The first-order valence-corrected chi connectivity index (χ1v) is 9.03. The molecule has 3 heterocycles. The zero-order valence-electron chi connectivity index (χ0n) is 15.1. The van der Waals surface area contributed by atoms with Crippen LogP contribution >= 0.6 is 0 Å². The molecule has 0 saturated carbocycles. The van der Waals surface area contributed by atoms with Crippen molar-refractivity contribution >= 4 is 22.8 Å². The van der Waals surface area contributed by atoms with Gasteiger partial charge in [0, 0.05) is 18.5 Å². The largest absolute Gasteiger partial charge is 0.467 e. The number of anilines is 1. The number of carbonyl (C=O) groups excluding carboxylic acids is 1. The highest BCUT2D eigenvalue weighted by Gasteiger charge is 2.18. The summed E-state index contributed by atoms with van der Waals surface area (Å²) in [6.45, 7) is 1.99. The number of carbonyl (C=O) groups is 1. The number of ether oxygens (including phenoxy) is 1. The Balaban J connectivity index is 1.48. The Labute approximate surface area is 156 Å².